The Labute approximate surface area is 148 Å². The molecule has 0 fully saturated rings. The second-order valence-corrected chi connectivity index (χ2v) is 6.06. The molecule has 25 heavy (non-hydrogen) atoms. The van der Waals surface area contributed by atoms with Gasteiger partial charge in [0.25, 0.3) is 5.91 Å². The highest BCUT2D eigenvalue weighted by Gasteiger charge is 2.13. The van der Waals surface area contributed by atoms with Crippen LogP contribution in [0.25, 0.3) is 21.8 Å². The number of primary amides is 1. The molecule has 1 aromatic heterocycles. The van der Waals surface area contributed by atoms with Crippen molar-refractivity contribution in [1.29, 1.82) is 0 Å². The van der Waals surface area contributed by atoms with Crippen LogP contribution in [0.1, 0.15) is 10.4 Å². The van der Waals surface area contributed by atoms with Crippen LogP contribution >= 0.6 is 11.3 Å². The molecule has 0 saturated heterocycles. The highest BCUT2D eigenvalue weighted by Crippen LogP contribution is 2.35. The Morgan fingerprint density at radius 3 is 2.48 bits per heavy atom. The lowest BCUT2D eigenvalue weighted by Gasteiger charge is -2.08. The van der Waals surface area contributed by atoms with Crippen molar-refractivity contribution < 1.29 is 19.4 Å². The molecule has 128 valence electrons. The lowest BCUT2D eigenvalue weighted by atomic mass is 10.1. The summed E-state index contributed by atoms with van der Waals surface area (Å²) in [4.78, 5) is 16.0. The predicted octanol–water partition coefficient (Wildman–Crippen LogP) is 3.30. The second-order valence-electron chi connectivity index (χ2n) is 5.20. The molecule has 0 radical (unpaired) electrons. The number of nitrogens with two attached hydrogens (primary N) is 1. The van der Waals surface area contributed by atoms with Gasteiger partial charge in [-0.05, 0) is 36.4 Å². The zero-order chi connectivity index (χ0) is 18.0. The van der Waals surface area contributed by atoms with E-state index in [1.165, 1.54) is 23.5 Å². The van der Waals surface area contributed by atoms with Gasteiger partial charge in [-0.25, -0.2) is 4.98 Å². The first kappa shape index (κ1) is 16.8. The van der Waals surface area contributed by atoms with E-state index in [0.717, 1.165) is 10.6 Å². The van der Waals surface area contributed by atoms with E-state index < -0.39 is 5.91 Å². The van der Waals surface area contributed by atoms with Gasteiger partial charge < -0.3 is 20.3 Å². The van der Waals surface area contributed by atoms with Gasteiger partial charge in [0, 0.05) is 16.5 Å². The summed E-state index contributed by atoms with van der Waals surface area (Å²) in [6, 6.07) is 10.2. The highest BCUT2D eigenvalue weighted by molar-refractivity contribution is 7.13. The van der Waals surface area contributed by atoms with Crippen LogP contribution in [0.3, 0.4) is 0 Å². The van der Waals surface area contributed by atoms with Crippen molar-refractivity contribution in [2.24, 2.45) is 5.73 Å². The normalized spacial score (nSPS) is 10.5. The van der Waals surface area contributed by atoms with E-state index in [-0.39, 0.29) is 11.3 Å². The Bertz CT molecular complexity index is 937. The number of rotatable bonds is 5. The van der Waals surface area contributed by atoms with Crippen LogP contribution in [0.5, 0.6) is 17.2 Å². The summed E-state index contributed by atoms with van der Waals surface area (Å²) in [5.41, 5.74) is 7.63. The van der Waals surface area contributed by atoms with Gasteiger partial charge in [-0.15, -0.1) is 11.3 Å². The average Bonchev–Trinajstić information content (AvgIpc) is 3.11. The number of hydrogen-bond acceptors (Lipinski definition) is 6. The highest BCUT2D eigenvalue weighted by atomic mass is 32.1. The number of benzene rings is 2. The van der Waals surface area contributed by atoms with Crippen LogP contribution in [-0.2, 0) is 0 Å². The van der Waals surface area contributed by atoms with E-state index in [1.807, 2.05) is 23.6 Å². The molecule has 0 bridgehead atoms. The lowest BCUT2D eigenvalue weighted by molar-refractivity contribution is 0.0998. The third-order valence-corrected chi connectivity index (χ3v) is 4.58. The quantitative estimate of drug-likeness (QED) is 0.731. The molecule has 0 aliphatic rings. The summed E-state index contributed by atoms with van der Waals surface area (Å²) in [7, 11) is 3.16. The van der Waals surface area contributed by atoms with Crippen LogP contribution in [0.2, 0.25) is 0 Å². The Kier molecular flexibility index (Phi) is 4.58. The van der Waals surface area contributed by atoms with E-state index in [4.69, 9.17) is 15.2 Å². The van der Waals surface area contributed by atoms with Crippen molar-refractivity contribution in [2.75, 3.05) is 14.2 Å². The molecule has 3 rings (SSSR count). The molecule has 0 unspecified atom stereocenters. The third kappa shape index (κ3) is 3.27. The minimum absolute atomic E-state index is 0.0677. The number of phenols is 1. The van der Waals surface area contributed by atoms with Gasteiger partial charge in [0.1, 0.15) is 10.8 Å². The summed E-state index contributed by atoms with van der Waals surface area (Å²) in [5.74, 6) is 0.436. The lowest BCUT2D eigenvalue weighted by Crippen LogP contribution is -2.11. The number of thiazole rings is 1. The molecule has 1 heterocycles. The third-order valence-electron chi connectivity index (χ3n) is 3.69. The average molecular weight is 356 g/mol. The number of carbonyl (C=O) groups is 1. The summed E-state index contributed by atoms with van der Waals surface area (Å²) >= 11 is 1.46. The van der Waals surface area contributed by atoms with E-state index >= 15 is 0 Å². The Hall–Kier alpha value is -3.06. The summed E-state index contributed by atoms with van der Waals surface area (Å²) in [6.07, 6.45) is 0. The number of aromatic nitrogens is 1. The van der Waals surface area contributed by atoms with Gasteiger partial charge in [-0.1, -0.05) is 0 Å². The van der Waals surface area contributed by atoms with E-state index in [1.54, 1.807) is 20.3 Å². The van der Waals surface area contributed by atoms with Crippen molar-refractivity contribution in [3.05, 3.63) is 47.3 Å². The maximum Gasteiger partial charge on any atom is 0.252 e. The number of aromatic hydroxyl groups is 1. The van der Waals surface area contributed by atoms with E-state index in [0.29, 0.717) is 22.8 Å². The number of hydrogen-bond donors (Lipinski definition) is 2. The van der Waals surface area contributed by atoms with Crippen molar-refractivity contribution in [3.8, 4) is 39.1 Å². The first-order valence-corrected chi connectivity index (χ1v) is 8.22. The molecule has 0 saturated carbocycles. The number of ether oxygens (including phenoxy) is 2. The second kappa shape index (κ2) is 6.82. The summed E-state index contributed by atoms with van der Waals surface area (Å²) in [5, 5.41) is 12.4. The number of methoxy groups -OCH3 is 2. The standard InChI is InChI=1S/C18H16N2O4S/c1-23-15-6-4-11(8-16(15)24-2)18-20-13(9-25-18)10-3-5-14(21)12(7-10)17(19)22/h3-9,21H,1-2H3,(H2,19,22). The smallest absolute Gasteiger partial charge is 0.252 e. The zero-order valence-electron chi connectivity index (χ0n) is 13.6. The Balaban J connectivity index is 1.98. The van der Waals surface area contributed by atoms with Gasteiger partial charge in [-0.2, -0.15) is 0 Å². The van der Waals surface area contributed by atoms with Gasteiger partial charge in [0.05, 0.1) is 25.5 Å². The van der Waals surface area contributed by atoms with Crippen molar-refractivity contribution in [1.82, 2.24) is 4.98 Å². The topological polar surface area (TPSA) is 94.7 Å². The van der Waals surface area contributed by atoms with Crippen LogP contribution in [0, 0.1) is 0 Å². The van der Waals surface area contributed by atoms with Crippen molar-refractivity contribution in [3.63, 3.8) is 0 Å². The molecule has 6 nitrogen and oxygen atoms in total. The van der Waals surface area contributed by atoms with E-state index in [2.05, 4.69) is 4.98 Å². The van der Waals surface area contributed by atoms with Crippen LogP contribution in [-0.4, -0.2) is 30.2 Å². The van der Waals surface area contributed by atoms with Gasteiger partial charge in [-0.3, -0.25) is 4.79 Å². The molecule has 3 aromatic rings. The van der Waals surface area contributed by atoms with Crippen molar-refractivity contribution in [2.45, 2.75) is 0 Å². The fraction of sp³-hybridized carbons (Fsp3) is 0.111. The van der Waals surface area contributed by atoms with Gasteiger partial charge >= 0.3 is 0 Å². The Morgan fingerprint density at radius 2 is 1.80 bits per heavy atom. The monoisotopic (exact) mass is 356 g/mol. The minimum atomic E-state index is -0.685. The van der Waals surface area contributed by atoms with E-state index in [9.17, 15) is 9.90 Å². The van der Waals surface area contributed by atoms with Gasteiger partial charge in [0.15, 0.2) is 11.5 Å². The Morgan fingerprint density at radius 1 is 1.08 bits per heavy atom. The predicted molar refractivity (Wildman–Crippen MR) is 96.3 cm³/mol. The summed E-state index contributed by atoms with van der Waals surface area (Å²) < 4.78 is 10.6. The molecular formula is C18H16N2O4S. The van der Waals surface area contributed by atoms with Gasteiger partial charge in [0.2, 0.25) is 0 Å². The molecule has 1 amide bonds. The fourth-order valence-corrected chi connectivity index (χ4v) is 3.23. The minimum Gasteiger partial charge on any atom is -0.507 e. The van der Waals surface area contributed by atoms with Crippen LogP contribution in [0.15, 0.2) is 41.8 Å². The fourth-order valence-electron chi connectivity index (χ4n) is 2.40. The molecule has 0 aliphatic heterocycles. The largest absolute Gasteiger partial charge is 0.507 e. The number of amides is 1. The molecule has 0 spiro atoms. The first-order valence-electron chi connectivity index (χ1n) is 7.34. The molecule has 0 aliphatic carbocycles. The van der Waals surface area contributed by atoms with Crippen LogP contribution in [0.4, 0.5) is 0 Å². The molecule has 3 N–H and O–H groups in total. The maximum absolute atomic E-state index is 11.4. The zero-order valence-corrected chi connectivity index (χ0v) is 14.5. The maximum atomic E-state index is 11.4. The first-order chi connectivity index (χ1) is 12.0. The molecular weight excluding hydrogens is 340 g/mol. The van der Waals surface area contributed by atoms with Crippen molar-refractivity contribution >= 4 is 17.2 Å². The molecule has 7 heteroatoms. The number of nitrogens with zero attached hydrogens (tertiary/aromatic N) is 1. The SMILES string of the molecule is COc1ccc(-c2nc(-c3ccc(O)c(C(N)=O)c3)cs2)cc1OC. The molecule has 2 aromatic carbocycles. The summed E-state index contributed by atoms with van der Waals surface area (Å²) in [6.45, 7) is 0. The van der Waals surface area contributed by atoms with Crippen LogP contribution < -0.4 is 15.2 Å². The number of carbonyl (C=O) groups excluding carboxylic acids is 1. The molecule has 0 atom stereocenters.